The molecule has 8 heteroatoms. The summed E-state index contributed by atoms with van der Waals surface area (Å²) < 4.78 is 41.8. The van der Waals surface area contributed by atoms with Crippen LogP contribution in [0.2, 0.25) is 0 Å². The number of carboxylic acid groups (broad SMARTS) is 1. The lowest BCUT2D eigenvalue weighted by Crippen LogP contribution is -2.35. The molecule has 1 saturated carbocycles. The maximum atomic E-state index is 12.3. The van der Waals surface area contributed by atoms with Crippen LogP contribution in [0.3, 0.4) is 0 Å². The maximum absolute atomic E-state index is 12.3. The first-order valence-electron chi connectivity index (χ1n) is 5.35. The Morgan fingerprint density at radius 1 is 1.56 bits per heavy atom. The van der Waals surface area contributed by atoms with Gasteiger partial charge in [0.25, 0.3) is 0 Å². The van der Waals surface area contributed by atoms with Gasteiger partial charge in [0.1, 0.15) is 0 Å². The number of aromatic carboxylic acids is 1. The average molecular weight is 264 g/mol. The molecule has 18 heavy (non-hydrogen) atoms. The highest BCUT2D eigenvalue weighted by molar-refractivity contribution is 5.85. The van der Waals surface area contributed by atoms with E-state index in [-0.39, 0.29) is 24.0 Å². The van der Waals surface area contributed by atoms with Gasteiger partial charge >= 0.3 is 12.1 Å². The van der Waals surface area contributed by atoms with E-state index in [4.69, 9.17) is 9.63 Å². The number of aromatic nitrogens is 1. The molecule has 1 aliphatic rings. The van der Waals surface area contributed by atoms with Gasteiger partial charge in [-0.3, -0.25) is 4.90 Å². The molecule has 0 amide bonds. The second-order valence-electron chi connectivity index (χ2n) is 4.23. The Kier molecular flexibility index (Phi) is 3.29. The monoisotopic (exact) mass is 264 g/mol. The van der Waals surface area contributed by atoms with Crippen LogP contribution >= 0.6 is 0 Å². The van der Waals surface area contributed by atoms with Gasteiger partial charge < -0.3 is 9.63 Å². The molecule has 0 radical (unpaired) electrons. The van der Waals surface area contributed by atoms with Gasteiger partial charge in [0.05, 0.1) is 13.1 Å². The van der Waals surface area contributed by atoms with Crippen molar-refractivity contribution in [1.82, 2.24) is 10.1 Å². The Hall–Kier alpha value is -1.57. The van der Waals surface area contributed by atoms with Crippen molar-refractivity contribution in [3.8, 4) is 0 Å². The number of hydrogen-bond acceptors (Lipinski definition) is 4. The quantitative estimate of drug-likeness (QED) is 0.879. The summed E-state index contributed by atoms with van der Waals surface area (Å²) >= 11 is 0. The lowest BCUT2D eigenvalue weighted by atomic mass is 10.3. The average Bonchev–Trinajstić information content (AvgIpc) is 2.96. The Labute approximate surface area is 100 Å². The van der Waals surface area contributed by atoms with Crippen molar-refractivity contribution >= 4 is 5.97 Å². The molecule has 1 fully saturated rings. The summed E-state index contributed by atoms with van der Waals surface area (Å²) in [6, 6.07) is 1.04. The summed E-state index contributed by atoms with van der Waals surface area (Å²) in [5, 5.41) is 11.9. The molecule has 2 rings (SSSR count). The van der Waals surface area contributed by atoms with Crippen LogP contribution in [0.15, 0.2) is 10.6 Å². The van der Waals surface area contributed by atoms with E-state index in [0.29, 0.717) is 0 Å². The van der Waals surface area contributed by atoms with Gasteiger partial charge in [0, 0.05) is 12.1 Å². The highest BCUT2D eigenvalue weighted by Gasteiger charge is 2.38. The first-order valence-corrected chi connectivity index (χ1v) is 5.35. The molecule has 0 aromatic carbocycles. The van der Waals surface area contributed by atoms with Crippen LogP contribution in [0.25, 0.3) is 0 Å². The Morgan fingerprint density at radius 3 is 2.67 bits per heavy atom. The first-order chi connectivity index (χ1) is 8.35. The lowest BCUT2D eigenvalue weighted by Gasteiger charge is -2.21. The minimum absolute atomic E-state index is 0.0789. The summed E-state index contributed by atoms with van der Waals surface area (Å²) in [5.41, 5.74) is -0.298. The Morgan fingerprint density at radius 2 is 2.22 bits per heavy atom. The van der Waals surface area contributed by atoms with Crippen molar-refractivity contribution < 1.29 is 27.6 Å². The number of carboxylic acids is 1. The Balaban J connectivity index is 2.01. The summed E-state index contributed by atoms with van der Waals surface area (Å²) in [4.78, 5) is 11.8. The van der Waals surface area contributed by atoms with E-state index in [1.807, 2.05) is 0 Å². The lowest BCUT2D eigenvalue weighted by molar-refractivity contribution is -0.149. The van der Waals surface area contributed by atoms with Crippen molar-refractivity contribution in [1.29, 1.82) is 0 Å². The zero-order valence-electron chi connectivity index (χ0n) is 9.28. The van der Waals surface area contributed by atoms with Gasteiger partial charge in [-0.15, -0.1) is 0 Å². The van der Waals surface area contributed by atoms with E-state index in [1.54, 1.807) is 0 Å². The molecule has 0 aliphatic heterocycles. The number of alkyl halides is 3. The molecule has 0 spiro atoms. The van der Waals surface area contributed by atoms with Crippen LogP contribution < -0.4 is 0 Å². The predicted molar refractivity (Wildman–Crippen MR) is 52.9 cm³/mol. The number of halogens is 3. The third-order valence-corrected chi connectivity index (χ3v) is 2.58. The summed E-state index contributed by atoms with van der Waals surface area (Å²) in [6.45, 7) is -1.11. The van der Waals surface area contributed by atoms with E-state index in [2.05, 4.69) is 5.16 Å². The highest BCUT2D eigenvalue weighted by atomic mass is 19.4. The summed E-state index contributed by atoms with van der Waals surface area (Å²) in [6.07, 6.45) is -2.84. The van der Waals surface area contributed by atoms with Gasteiger partial charge in [0.2, 0.25) is 0 Å². The van der Waals surface area contributed by atoms with Gasteiger partial charge in [-0.1, -0.05) is 5.16 Å². The van der Waals surface area contributed by atoms with Gasteiger partial charge in [-0.25, -0.2) is 4.79 Å². The van der Waals surface area contributed by atoms with Crippen LogP contribution in [0.4, 0.5) is 13.2 Å². The van der Waals surface area contributed by atoms with E-state index in [9.17, 15) is 18.0 Å². The smallest absolute Gasteiger partial charge is 0.401 e. The zero-order chi connectivity index (χ0) is 13.3. The molecule has 1 aromatic rings. The van der Waals surface area contributed by atoms with E-state index >= 15 is 0 Å². The van der Waals surface area contributed by atoms with Gasteiger partial charge in [-0.2, -0.15) is 13.2 Å². The van der Waals surface area contributed by atoms with E-state index < -0.39 is 18.7 Å². The van der Waals surface area contributed by atoms with Crippen molar-refractivity contribution in [2.24, 2.45) is 0 Å². The van der Waals surface area contributed by atoms with Crippen LogP contribution in [-0.2, 0) is 6.54 Å². The molecule has 0 atom stereocenters. The maximum Gasteiger partial charge on any atom is 0.401 e. The van der Waals surface area contributed by atoms with E-state index in [1.165, 1.54) is 4.90 Å². The molecule has 100 valence electrons. The molecule has 1 aromatic heterocycles. The zero-order valence-corrected chi connectivity index (χ0v) is 9.28. The molecule has 1 heterocycles. The molecule has 0 unspecified atom stereocenters. The summed E-state index contributed by atoms with van der Waals surface area (Å²) in [7, 11) is 0. The number of carbonyl (C=O) groups is 1. The van der Waals surface area contributed by atoms with Crippen molar-refractivity contribution in [2.45, 2.75) is 31.6 Å². The van der Waals surface area contributed by atoms with Gasteiger partial charge in [0.15, 0.2) is 11.5 Å². The molecule has 1 aliphatic carbocycles. The second-order valence-corrected chi connectivity index (χ2v) is 4.23. The third-order valence-electron chi connectivity index (χ3n) is 2.58. The molecule has 5 nitrogen and oxygen atoms in total. The topological polar surface area (TPSA) is 66.6 Å². The Bertz CT molecular complexity index is 440. The standard InChI is InChI=1S/C10H11F3N2O3/c11-10(12,13)5-15(6-1-2-6)4-7-3-8(9(16)17)14-18-7/h3,6H,1-2,4-5H2,(H,16,17). The van der Waals surface area contributed by atoms with Crippen LogP contribution in [0.1, 0.15) is 29.1 Å². The fourth-order valence-corrected chi connectivity index (χ4v) is 1.67. The first kappa shape index (κ1) is 12.9. The fraction of sp³-hybridized carbons (Fsp3) is 0.600. The normalized spacial score (nSPS) is 16.2. The molecule has 0 saturated heterocycles. The largest absolute Gasteiger partial charge is 0.476 e. The highest BCUT2D eigenvalue weighted by Crippen LogP contribution is 2.31. The van der Waals surface area contributed by atoms with Crippen molar-refractivity contribution in [2.75, 3.05) is 6.54 Å². The molecule has 1 N–H and O–H groups in total. The minimum atomic E-state index is -4.28. The SMILES string of the molecule is O=C(O)c1cc(CN(CC(F)(F)F)C2CC2)on1. The van der Waals surface area contributed by atoms with Crippen LogP contribution in [-0.4, -0.2) is 39.9 Å². The number of nitrogens with zero attached hydrogens (tertiary/aromatic N) is 2. The van der Waals surface area contributed by atoms with Crippen molar-refractivity contribution in [3.05, 3.63) is 17.5 Å². The predicted octanol–water partition coefficient (Wildman–Crippen LogP) is 1.90. The van der Waals surface area contributed by atoms with Crippen LogP contribution in [0.5, 0.6) is 0 Å². The van der Waals surface area contributed by atoms with E-state index in [0.717, 1.165) is 18.9 Å². The number of hydrogen-bond donors (Lipinski definition) is 1. The molecular formula is C10H11F3N2O3. The second kappa shape index (κ2) is 4.60. The summed E-state index contributed by atoms with van der Waals surface area (Å²) in [5.74, 6) is -1.14. The molecule has 0 bridgehead atoms. The minimum Gasteiger partial charge on any atom is -0.476 e. The van der Waals surface area contributed by atoms with Crippen LogP contribution in [0, 0.1) is 0 Å². The molecular weight excluding hydrogens is 253 g/mol. The van der Waals surface area contributed by atoms with Crippen molar-refractivity contribution in [3.63, 3.8) is 0 Å². The van der Waals surface area contributed by atoms with Gasteiger partial charge in [-0.05, 0) is 12.8 Å². The fourth-order valence-electron chi connectivity index (χ4n) is 1.67. The third kappa shape index (κ3) is 3.46. The number of rotatable bonds is 5.